The summed E-state index contributed by atoms with van der Waals surface area (Å²) in [6, 6.07) is 13.4. The van der Waals surface area contributed by atoms with Gasteiger partial charge in [0.1, 0.15) is 5.75 Å². The van der Waals surface area contributed by atoms with E-state index in [4.69, 9.17) is 4.74 Å². The van der Waals surface area contributed by atoms with Gasteiger partial charge in [0, 0.05) is 72.4 Å². The van der Waals surface area contributed by atoms with Gasteiger partial charge in [0.2, 0.25) is 5.91 Å². The topological polar surface area (TPSA) is 96.3 Å². The number of benzene rings is 2. The molecule has 0 radical (unpaired) electrons. The van der Waals surface area contributed by atoms with Crippen LogP contribution in [-0.2, 0) is 4.79 Å². The van der Waals surface area contributed by atoms with Crippen LogP contribution in [0.15, 0.2) is 73.6 Å². The van der Waals surface area contributed by atoms with Crippen molar-refractivity contribution in [2.75, 3.05) is 31.6 Å². The van der Waals surface area contributed by atoms with E-state index in [0.717, 1.165) is 28.9 Å². The molecule has 2 saturated heterocycles. The van der Waals surface area contributed by atoms with E-state index >= 15 is 0 Å². The molecule has 1 spiro atoms. The molecule has 2 aliphatic rings. The number of aromatic amines is 1. The number of amides is 2. The highest BCUT2D eigenvalue weighted by Crippen LogP contribution is 2.44. The van der Waals surface area contributed by atoms with Crippen LogP contribution in [0.1, 0.15) is 29.6 Å². The number of piperidine rings is 1. The Morgan fingerprint density at radius 3 is 2.46 bits per heavy atom. The number of methoxy groups -OCH3 is 1. The summed E-state index contributed by atoms with van der Waals surface area (Å²) in [7, 11) is 1.63. The molecule has 0 atom stereocenters. The Morgan fingerprint density at radius 2 is 1.78 bits per heavy atom. The smallest absolute Gasteiger partial charge is 0.253 e. The Morgan fingerprint density at radius 1 is 1.03 bits per heavy atom. The number of carbonyl (C=O) groups excluding carboxylic acids is 2. The summed E-state index contributed by atoms with van der Waals surface area (Å²) < 4.78 is 7.52. The maximum Gasteiger partial charge on any atom is 0.253 e. The van der Waals surface area contributed by atoms with Crippen LogP contribution in [0, 0.1) is 5.41 Å². The lowest BCUT2D eigenvalue weighted by Crippen LogP contribution is -2.46. The SMILES string of the molecule is COc1cc(N2CCC3(CCN(C(=O)c4ccc(-n5ccnc5)cc4)CC3)C2=O)ccc1-c1cn[nH]c1. The van der Waals surface area contributed by atoms with E-state index in [2.05, 4.69) is 15.2 Å². The fraction of sp³-hybridized carbons (Fsp3) is 0.286. The first-order valence-corrected chi connectivity index (χ1v) is 12.4. The molecule has 9 nitrogen and oxygen atoms in total. The number of hydrogen-bond acceptors (Lipinski definition) is 5. The maximum absolute atomic E-state index is 13.7. The third kappa shape index (κ3) is 4.06. The molecule has 2 fully saturated rings. The molecular formula is C28H28N6O3. The number of likely N-dealkylation sites (tertiary alicyclic amines) is 1. The monoisotopic (exact) mass is 496 g/mol. The molecule has 0 bridgehead atoms. The highest BCUT2D eigenvalue weighted by atomic mass is 16.5. The predicted molar refractivity (Wildman–Crippen MR) is 139 cm³/mol. The molecule has 2 aromatic heterocycles. The maximum atomic E-state index is 13.7. The molecule has 1 N–H and O–H groups in total. The third-order valence-corrected chi connectivity index (χ3v) is 7.74. The van der Waals surface area contributed by atoms with Crippen LogP contribution in [0.4, 0.5) is 5.69 Å². The van der Waals surface area contributed by atoms with E-state index in [9.17, 15) is 9.59 Å². The van der Waals surface area contributed by atoms with E-state index in [-0.39, 0.29) is 11.8 Å². The number of H-pyrrole nitrogens is 1. The molecule has 2 aromatic carbocycles. The molecule has 0 saturated carbocycles. The molecule has 4 aromatic rings. The second-order valence-electron chi connectivity index (χ2n) is 9.67. The molecule has 0 aliphatic carbocycles. The Bertz CT molecular complexity index is 1400. The average Bonchev–Trinajstić information content (AvgIpc) is 3.72. The number of nitrogens with zero attached hydrogens (tertiary/aromatic N) is 5. The van der Waals surface area contributed by atoms with E-state index in [1.807, 2.05) is 69.2 Å². The lowest BCUT2D eigenvalue weighted by molar-refractivity contribution is -0.127. The van der Waals surface area contributed by atoms with Crippen LogP contribution in [-0.4, -0.2) is 63.2 Å². The number of carbonyl (C=O) groups is 2. The molecule has 37 heavy (non-hydrogen) atoms. The largest absolute Gasteiger partial charge is 0.496 e. The first-order chi connectivity index (χ1) is 18.1. The highest BCUT2D eigenvalue weighted by Gasteiger charge is 2.49. The summed E-state index contributed by atoms with van der Waals surface area (Å²) in [6.45, 7) is 1.81. The zero-order valence-corrected chi connectivity index (χ0v) is 20.6. The quantitative estimate of drug-likeness (QED) is 0.452. The molecule has 0 unspecified atom stereocenters. The lowest BCUT2D eigenvalue weighted by Gasteiger charge is -2.38. The highest BCUT2D eigenvalue weighted by molar-refractivity contribution is 6.01. The normalized spacial score (nSPS) is 16.9. The van der Waals surface area contributed by atoms with E-state index in [1.165, 1.54) is 0 Å². The van der Waals surface area contributed by atoms with Gasteiger partial charge in [-0.2, -0.15) is 5.10 Å². The Hall–Kier alpha value is -4.40. The molecule has 4 heterocycles. The second kappa shape index (κ2) is 9.24. The molecule has 2 aliphatic heterocycles. The van der Waals surface area contributed by atoms with Crippen molar-refractivity contribution in [2.45, 2.75) is 19.3 Å². The fourth-order valence-electron chi connectivity index (χ4n) is 5.52. The van der Waals surface area contributed by atoms with E-state index < -0.39 is 5.41 Å². The van der Waals surface area contributed by atoms with Crippen LogP contribution in [0.2, 0.25) is 0 Å². The van der Waals surface area contributed by atoms with E-state index in [0.29, 0.717) is 43.8 Å². The van der Waals surface area contributed by atoms with Crippen molar-refractivity contribution in [1.82, 2.24) is 24.6 Å². The summed E-state index contributed by atoms with van der Waals surface area (Å²) in [5, 5.41) is 6.84. The Labute approximate surface area is 214 Å². The fourth-order valence-corrected chi connectivity index (χ4v) is 5.52. The number of anilines is 1. The van der Waals surface area contributed by atoms with Crippen LogP contribution in [0.25, 0.3) is 16.8 Å². The molecule has 2 amide bonds. The van der Waals surface area contributed by atoms with Gasteiger partial charge in [-0.15, -0.1) is 0 Å². The number of imidazole rings is 1. The van der Waals surface area contributed by atoms with Crippen molar-refractivity contribution in [2.24, 2.45) is 5.41 Å². The van der Waals surface area contributed by atoms with Gasteiger partial charge in [0.25, 0.3) is 5.91 Å². The van der Waals surface area contributed by atoms with Gasteiger partial charge in [-0.25, -0.2) is 4.98 Å². The summed E-state index contributed by atoms with van der Waals surface area (Å²) in [4.78, 5) is 34.6. The minimum absolute atomic E-state index is 0.00825. The summed E-state index contributed by atoms with van der Waals surface area (Å²) in [5.41, 5.74) is 3.88. The van der Waals surface area contributed by atoms with Crippen molar-refractivity contribution in [3.05, 3.63) is 79.1 Å². The van der Waals surface area contributed by atoms with Gasteiger partial charge in [-0.1, -0.05) is 0 Å². The predicted octanol–water partition coefficient (Wildman–Crippen LogP) is 3.93. The van der Waals surface area contributed by atoms with Crippen LogP contribution in [0.3, 0.4) is 0 Å². The van der Waals surface area contributed by atoms with Gasteiger partial charge < -0.3 is 19.1 Å². The van der Waals surface area contributed by atoms with Crippen molar-refractivity contribution < 1.29 is 14.3 Å². The Balaban J connectivity index is 1.13. The molecule has 9 heteroatoms. The van der Waals surface area contributed by atoms with Gasteiger partial charge in [-0.3, -0.25) is 14.7 Å². The first-order valence-electron chi connectivity index (χ1n) is 12.4. The molecule has 188 valence electrons. The van der Waals surface area contributed by atoms with Gasteiger partial charge >= 0.3 is 0 Å². The lowest BCUT2D eigenvalue weighted by atomic mass is 9.77. The van der Waals surface area contributed by atoms with E-state index in [1.54, 1.807) is 25.8 Å². The standard InChI is InChI=1S/C28H28N6O3/c1-37-25-16-23(6-7-24(25)21-17-30-31-18-21)34-14-10-28(27(34)36)8-12-32(13-9-28)26(35)20-2-4-22(5-3-20)33-15-11-29-19-33/h2-7,11,15-19H,8-10,12-14H2,1H3,(H,30,31). The molecule has 6 rings (SSSR count). The van der Waals surface area contributed by atoms with Crippen LogP contribution < -0.4 is 9.64 Å². The second-order valence-corrected chi connectivity index (χ2v) is 9.67. The number of nitrogens with one attached hydrogen (secondary N) is 1. The zero-order chi connectivity index (χ0) is 25.4. The number of rotatable bonds is 5. The van der Waals surface area contributed by atoms with Gasteiger partial charge in [-0.05, 0) is 55.7 Å². The summed E-state index contributed by atoms with van der Waals surface area (Å²) in [6.07, 6.45) is 11.0. The third-order valence-electron chi connectivity index (χ3n) is 7.74. The molecular weight excluding hydrogens is 468 g/mol. The van der Waals surface area contributed by atoms with Gasteiger partial charge in [0.05, 0.1) is 25.0 Å². The van der Waals surface area contributed by atoms with Crippen molar-refractivity contribution >= 4 is 17.5 Å². The zero-order valence-electron chi connectivity index (χ0n) is 20.6. The van der Waals surface area contributed by atoms with Crippen molar-refractivity contribution in [1.29, 1.82) is 0 Å². The van der Waals surface area contributed by atoms with Crippen molar-refractivity contribution in [3.8, 4) is 22.6 Å². The number of aromatic nitrogens is 4. The Kier molecular flexibility index (Phi) is 5.75. The summed E-state index contributed by atoms with van der Waals surface area (Å²) >= 11 is 0. The number of ether oxygens (including phenoxy) is 1. The number of hydrogen-bond donors (Lipinski definition) is 1. The first kappa shape index (κ1) is 23.0. The average molecular weight is 497 g/mol. The van der Waals surface area contributed by atoms with Gasteiger partial charge in [0.15, 0.2) is 0 Å². The summed E-state index contributed by atoms with van der Waals surface area (Å²) in [5.74, 6) is 0.850. The minimum atomic E-state index is -0.418. The van der Waals surface area contributed by atoms with Crippen LogP contribution >= 0.6 is 0 Å². The minimum Gasteiger partial charge on any atom is -0.496 e. The van der Waals surface area contributed by atoms with Crippen molar-refractivity contribution in [3.63, 3.8) is 0 Å². The van der Waals surface area contributed by atoms with Crippen LogP contribution in [0.5, 0.6) is 5.75 Å².